The molecule has 6 rings (SSSR count). The summed E-state index contributed by atoms with van der Waals surface area (Å²) < 4.78 is 0. The average Bonchev–Trinajstić information content (AvgIpc) is 3.28. The fourth-order valence-corrected chi connectivity index (χ4v) is 4.79. The first-order valence-electron chi connectivity index (χ1n) is 11.5. The molecule has 1 atom stereocenters. The van der Waals surface area contributed by atoms with Gasteiger partial charge < -0.3 is 4.90 Å². The number of nitrogens with zero attached hydrogens (tertiary/aromatic N) is 5. The molecule has 0 radical (unpaired) electrons. The molecule has 1 fully saturated rings. The summed E-state index contributed by atoms with van der Waals surface area (Å²) in [6.07, 6.45) is 4.40. The summed E-state index contributed by atoms with van der Waals surface area (Å²) >= 11 is 0. The van der Waals surface area contributed by atoms with Gasteiger partial charge in [0, 0.05) is 36.6 Å². The summed E-state index contributed by atoms with van der Waals surface area (Å²) in [5, 5.41) is 3.01. The second kappa shape index (κ2) is 8.26. The van der Waals surface area contributed by atoms with Crippen LogP contribution in [0.1, 0.15) is 12.0 Å². The highest BCUT2D eigenvalue weighted by atomic mass is 16.2. The summed E-state index contributed by atoms with van der Waals surface area (Å²) in [6.45, 7) is 3.80. The molecule has 0 unspecified atom stereocenters. The predicted molar refractivity (Wildman–Crippen MR) is 134 cm³/mol. The van der Waals surface area contributed by atoms with E-state index in [0.717, 1.165) is 47.7 Å². The number of carbonyl (C=O) groups is 1. The van der Waals surface area contributed by atoms with Crippen LogP contribution in [0, 0.1) is 6.92 Å². The Morgan fingerprint density at radius 2 is 1.82 bits per heavy atom. The van der Waals surface area contributed by atoms with E-state index in [4.69, 9.17) is 4.98 Å². The first-order valence-corrected chi connectivity index (χ1v) is 11.5. The fourth-order valence-electron chi connectivity index (χ4n) is 4.79. The zero-order valence-electron chi connectivity index (χ0n) is 18.8. The third-order valence-corrected chi connectivity index (χ3v) is 6.43. The molecule has 34 heavy (non-hydrogen) atoms. The Balaban J connectivity index is 1.34. The van der Waals surface area contributed by atoms with Crippen LogP contribution in [0.2, 0.25) is 0 Å². The number of rotatable bonds is 3. The zero-order chi connectivity index (χ0) is 23.1. The number of carbonyl (C=O) groups excluding carboxylic acids is 1. The van der Waals surface area contributed by atoms with Gasteiger partial charge in [-0.2, -0.15) is 0 Å². The topological polar surface area (TPSA) is 74.2 Å². The largest absolute Gasteiger partial charge is 0.366 e. The first kappa shape index (κ1) is 20.4. The number of urea groups is 1. The molecule has 4 aromatic rings. The second-order valence-corrected chi connectivity index (χ2v) is 8.75. The zero-order valence-corrected chi connectivity index (χ0v) is 18.8. The van der Waals surface area contributed by atoms with Crippen molar-refractivity contribution in [3.8, 4) is 22.5 Å². The van der Waals surface area contributed by atoms with E-state index in [2.05, 4.69) is 51.4 Å². The van der Waals surface area contributed by atoms with Crippen LogP contribution in [0.25, 0.3) is 22.5 Å². The smallest absolute Gasteiger partial charge is 0.329 e. The molecule has 1 saturated heterocycles. The predicted octanol–water partition coefficient (Wildman–Crippen LogP) is 5.14. The third kappa shape index (κ3) is 3.65. The molecule has 2 bridgehead atoms. The van der Waals surface area contributed by atoms with Crippen LogP contribution in [-0.4, -0.2) is 40.1 Å². The van der Waals surface area contributed by atoms with Crippen LogP contribution in [0.15, 0.2) is 79.1 Å². The maximum atomic E-state index is 13.6. The highest BCUT2D eigenvalue weighted by Gasteiger charge is 2.40. The minimum Gasteiger partial charge on any atom is -0.366 e. The quantitative estimate of drug-likeness (QED) is 0.469. The standard InChI is InChI=1S/C27H24N6O/c1-18-5-2-6-19(15-18)23-10-11-24-26(30-23)33(21-12-14-32(24)17-21)27(34)31-25-9-3-8-22(29-25)20-7-4-13-28-16-20/h2-11,13,15-16,21H,12,14,17H2,1H3,(H,29,31,34)/t21-/m0/s1. The first-order chi connectivity index (χ1) is 16.7. The molecular weight excluding hydrogens is 424 g/mol. The lowest BCUT2D eigenvalue weighted by Gasteiger charge is -2.35. The van der Waals surface area contributed by atoms with E-state index in [1.54, 1.807) is 18.5 Å². The molecule has 2 aliphatic rings. The maximum absolute atomic E-state index is 13.6. The number of aromatic nitrogens is 3. The summed E-state index contributed by atoms with van der Waals surface area (Å²) in [5.41, 5.74) is 5.74. The van der Waals surface area contributed by atoms with Crippen LogP contribution in [0.3, 0.4) is 0 Å². The minimum atomic E-state index is -0.211. The Kier molecular flexibility index (Phi) is 4.95. The summed E-state index contributed by atoms with van der Waals surface area (Å²) in [4.78, 5) is 31.5. The summed E-state index contributed by atoms with van der Waals surface area (Å²) in [7, 11) is 0. The van der Waals surface area contributed by atoms with E-state index < -0.39 is 0 Å². The lowest BCUT2D eigenvalue weighted by molar-refractivity contribution is 0.254. The number of amides is 2. The number of benzene rings is 1. The second-order valence-electron chi connectivity index (χ2n) is 8.75. The van der Waals surface area contributed by atoms with Crippen molar-refractivity contribution in [2.75, 3.05) is 28.2 Å². The SMILES string of the molecule is Cc1cccc(-c2ccc3c(n2)N(C(=O)Nc2cccc(-c4cccnc4)n2)[C@H]2CCN3C2)c1. The Morgan fingerprint density at radius 1 is 0.971 bits per heavy atom. The van der Waals surface area contributed by atoms with Gasteiger partial charge in [0.05, 0.1) is 23.1 Å². The van der Waals surface area contributed by atoms with Crippen molar-refractivity contribution in [2.24, 2.45) is 0 Å². The van der Waals surface area contributed by atoms with Gasteiger partial charge in [-0.3, -0.25) is 15.2 Å². The van der Waals surface area contributed by atoms with Crippen LogP contribution < -0.4 is 15.1 Å². The molecule has 0 saturated carbocycles. The van der Waals surface area contributed by atoms with Crippen molar-refractivity contribution in [2.45, 2.75) is 19.4 Å². The molecule has 0 spiro atoms. The maximum Gasteiger partial charge on any atom is 0.329 e. The van der Waals surface area contributed by atoms with Gasteiger partial charge in [0.2, 0.25) is 0 Å². The molecule has 7 nitrogen and oxygen atoms in total. The van der Waals surface area contributed by atoms with Crippen LogP contribution in [0.5, 0.6) is 0 Å². The summed E-state index contributed by atoms with van der Waals surface area (Å²) in [5.74, 6) is 1.21. The fraction of sp³-hybridized carbons (Fsp3) is 0.185. The number of hydrogen-bond donors (Lipinski definition) is 1. The van der Waals surface area contributed by atoms with E-state index in [-0.39, 0.29) is 12.1 Å². The van der Waals surface area contributed by atoms with E-state index in [9.17, 15) is 4.79 Å². The van der Waals surface area contributed by atoms with Crippen molar-refractivity contribution >= 4 is 23.4 Å². The Bertz CT molecular complexity index is 1370. The third-order valence-electron chi connectivity index (χ3n) is 6.43. The highest BCUT2D eigenvalue weighted by Crippen LogP contribution is 2.40. The molecule has 2 amide bonds. The Hall–Kier alpha value is -4.26. The van der Waals surface area contributed by atoms with Crippen molar-refractivity contribution in [3.63, 3.8) is 0 Å². The average molecular weight is 449 g/mol. The number of pyridine rings is 3. The molecule has 0 aliphatic carbocycles. The van der Waals surface area contributed by atoms with Gasteiger partial charge >= 0.3 is 6.03 Å². The van der Waals surface area contributed by atoms with Gasteiger partial charge in [-0.1, -0.05) is 29.8 Å². The molecule has 7 heteroatoms. The van der Waals surface area contributed by atoms with E-state index >= 15 is 0 Å². The van der Waals surface area contributed by atoms with Crippen molar-refractivity contribution in [1.29, 1.82) is 0 Å². The van der Waals surface area contributed by atoms with Crippen molar-refractivity contribution < 1.29 is 4.79 Å². The molecule has 3 aromatic heterocycles. The molecule has 5 heterocycles. The van der Waals surface area contributed by atoms with Crippen LogP contribution in [-0.2, 0) is 0 Å². The Morgan fingerprint density at radius 3 is 2.68 bits per heavy atom. The van der Waals surface area contributed by atoms with Gasteiger partial charge in [-0.05, 0) is 55.8 Å². The molecule has 1 aromatic carbocycles. The number of aryl methyl sites for hydroxylation is 1. The van der Waals surface area contributed by atoms with Gasteiger partial charge in [0.25, 0.3) is 0 Å². The number of fused-ring (bicyclic) bond motifs is 4. The summed E-state index contributed by atoms with van der Waals surface area (Å²) in [6, 6.07) is 21.7. The van der Waals surface area contributed by atoms with Crippen LogP contribution in [0.4, 0.5) is 22.1 Å². The van der Waals surface area contributed by atoms with E-state index in [0.29, 0.717) is 11.6 Å². The van der Waals surface area contributed by atoms with Gasteiger partial charge in [0.1, 0.15) is 5.82 Å². The molecular formula is C27H24N6O. The van der Waals surface area contributed by atoms with Gasteiger partial charge in [-0.15, -0.1) is 0 Å². The number of hydrogen-bond acceptors (Lipinski definition) is 5. The van der Waals surface area contributed by atoms with Crippen molar-refractivity contribution in [1.82, 2.24) is 15.0 Å². The number of nitrogens with one attached hydrogen (secondary N) is 1. The van der Waals surface area contributed by atoms with Gasteiger partial charge in [-0.25, -0.2) is 14.8 Å². The minimum absolute atomic E-state index is 0.0780. The van der Waals surface area contributed by atoms with Gasteiger partial charge in [0.15, 0.2) is 5.82 Å². The lowest BCUT2D eigenvalue weighted by atomic mass is 10.1. The monoisotopic (exact) mass is 448 g/mol. The normalized spacial score (nSPS) is 16.3. The lowest BCUT2D eigenvalue weighted by Crippen LogP contribution is -2.48. The molecule has 2 aliphatic heterocycles. The molecule has 1 N–H and O–H groups in total. The van der Waals surface area contributed by atoms with E-state index in [1.807, 2.05) is 41.3 Å². The highest BCUT2D eigenvalue weighted by molar-refractivity contribution is 6.04. The number of anilines is 3. The van der Waals surface area contributed by atoms with E-state index in [1.165, 1.54) is 5.56 Å². The van der Waals surface area contributed by atoms with Crippen LogP contribution >= 0.6 is 0 Å². The van der Waals surface area contributed by atoms with Crippen molar-refractivity contribution in [3.05, 3.63) is 84.7 Å². The molecule has 168 valence electrons. The Labute approximate surface area is 198 Å².